The number of unbranched alkanes of at least 4 members (excludes halogenated alkanes) is 14. The van der Waals surface area contributed by atoms with Crippen LogP contribution in [0.2, 0.25) is 0 Å². The van der Waals surface area contributed by atoms with Crippen LogP contribution in [-0.4, -0.2) is 36.4 Å². The molecular formula is C34H60O5. The van der Waals surface area contributed by atoms with Crippen molar-refractivity contribution in [3.8, 4) is 0 Å². The zero-order chi connectivity index (χ0) is 28.7. The molecule has 0 saturated heterocycles. The lowest BCUT2D eigenvalue weighted by molar-refractivity contribution is -0.161. The third-order valence-corrected chi connectivity index (χ3v) is 6.67. The molecule has 0 aliphatic heterocycles. The molecule has 0 aliphatic rings. The third-order valence-electron chi connectivity index (χ3n) is 6.67. The Morgan fingerprint density at radius 1 is 0.590 bits per heavy atom. The number of esters is 2. The van der Waals surface area contributed by atoms with Crippen molar-refractivity contribution in [3.63, 3.8) is 0 Å². The van der Waals surface area contributed by atoms with Gasteiger partial charge in [-0.15, -0.1) is 0 Å². The molecule has 0 amide bonds. The number of aliphatic hydroxyl groups is 1. The Kier molecular flexibility index (Phi) is 29.2. The molecular weight excluding hydrogens is 488 g/mol. The summed E-state index contributed by atoms with van der Waals surface area (Å²) in [5.41, 5.74) is 0. The molecule has 0 radical (unpaired) electrons. The molecule has 39 heavy (non-hydrogen) atoms. The van der Waals surface area contributed by atoms with Crippen molar-refractivity contribution < 1.29 is 24.2 Å². The summed E-state index contributed by atoms with van der Waals surface area (Å²) in [6.07, 6.45) is 34.9. The molecule has 0 saturated carbocycles. The van der Waals surface area contributed by atoms with Gasteiger partial charge in [-0.1, -0.05) is 115 Å². The predicted molar refractivity (Wildman–Crippen MR) is 164 cm³/mol. The van der Waals surface area contributed by atoms with Crippen LogP contribution in [-0.2, 0) is 19.1 Å². The Labute approximate surface area is 240 Å². The smallest absolute Gasteiger partial charge is 0.306 e. The van der Waals surface area contributed by atoms with Crippen LogP contribution >= 0.6 is 0 Å². The number of allylic oxidation sites excluding steroid dienone is 6. The molecule has 0 aromatic carbocycles. The number of hydrogen-bond donors (Lipinski definition) is 1. The normalized spacial score (nSPS) is 12.6. The number of ether oxygens (including phenoxy) is 2. The van der Waals surface area contributed by atoms with Crippen LogP contribution < -0.4 is 0 Å². The molecule has 0 rings (SSSR count). The molecule has 226 valence electrons. The first-order valence-corrected chi connectivity index (χ1v) is 16.0. The molecule has 0 spiro atoms. The van der Waals surface area contributed by atoms with Gasteiger partial charge in [0.2, 0.25) is 0 Å². The Bertz CT molecular complexity index is 637. The molecule has 1 atom stereocenters. The fourth-order valence-electron chi connectivity index (χ4n) is 4.19. The maximum absolute atomic E-state index is 12.1. The first kappa shape index (κ1) is 37.1. The van der Waals surface area contributed by atoms with E-state index in [4.69, 9.17) is 9.47 Å². The summed E-state index contributed by atoms with van der Waals surface area (Å²) in [5, 5.41) is 9.47. The molecule has 1 N–H and O–H groups in total. The van der Waals surface area contributed by atoms with Gasteiger partial charge in [0.1, 0.15) is 6.61 Å². The Morgan fingerprint density at radius 2 is 1.08 bits per heavy atom. The lowest BCUT2D eigenvalue weighted by Crippen LogP contribution is -2.28. The van der Waals surface area contributed by atoms with Crippen LogP contribution in [0.1, 0.15) is 149 Å². The van der Waals surface area contributed by atoms with Crippen molar-refractivity contribution in [2.45, 2.75) is 155 Å². The van der Waals surface area contributed by atoms with Gasteiger partial charge in [0, 0.05) is 12.8 Å². The summed E-state index contributed by atoms with van der Waals surface area (Å²) in [6, 6.07) is 0. The summed E-state index contributed by atoms with van der Waals surface area (Å²) < 4.78 is 10.5. The molecule has 5 heteroatoms. The minimum Gasteiger partial charge on any atom is -0.462 e. The van der Waals surface area contributed by atoms with E-state index in [0.29, 0.717) is 12.8 Å². The van der Waals surface area contributed by atoms with E-state index in [9.17, 15) is 14.7 Å². The highest BCUT2D eigenvalue weighted by atomic mass is 16.6. The standard InChI is InChI=1S/C34H60O5/c1-3-5-7-9-11-13-15-17-19-20-22-24-26-28-33(36)38-31-32(30-35)39-34(37)29-27-25-23-21-18-16-14-12-10-8-6-4-2/h12,14,17,19,22,24,32,35H,3-11,13,15-16,18,20-21,23,25-31H2,1-2H3/b14-12+,19-17+,24-22+. The van der Waals surface area contributed by atoms with E-state index in [1.807, 2.05) is 6.08 Å². The average molecular weight is 549 g/mol. The summed E-state index contributed by atoms with van der Waals surface area (Å²) in [5.74, 6) is -0.684. The van der Waals surface area contributed by atoms with Crippen LogP contribution in [0.5, 0.6) is 0 Å². The highest BCUT2D eigenvalue weighted by Gasteiger charge is 2.15. The second-order valence-corrected chi connectivity index (χ2v) is 10.5. The van der Waals surface area contributed by atoms with Gasteiger partial charge in [-0.05, 0) is 57.8 Å². The quantitative estimate of drug-likeness (QED) is 0.0599. The predicted octanol–water partition coefficient (Wildman–Crippen LogP) is 9.33. The van der Waals surface area contributed by atoms with Crippen molar-refractivity contribution in [2.24, 2.45) is 0 Å². The fourth-order valence-corrected chi connectivity index (χ4v) is 4.19. The minimum absolute atomic E-state index is 0.0993. The number of rotatable bonds is 28. The molecule has 0 bridgehead atoms. The average Bonchev–Trinajstić information content (AvgIpc) is 2.94. The van der Waals surface area contributed by atoms with E-state index >= 15 is 0 Å². The van der Waals surface area contributed by atoms with Gasteiger partial charge in [-0.25, -0.2) is 0 Å². The van der Waals surface area contributed by atoms with E-state index in [-0.39, 0.29) is 31.6 Å². The molecule has 0 aromatic heterocycles. The maximum atomic E-state index is 12.1. The topological polar surface area (TPSA) is 72.8 Å². The largest absolute Gasteiger partial charge is 0.462 e. The van der Waals surface area contributed by atoms with Crippen molar-refractivity contribution in [2.75, 3.05) is 13.2 Å². The van der Waals surface area contributed by atoms with Gasteiger partial charge >= 0.3 is 11.9 Å². The highest BCUT2D eigenvalue weighted by molar-refractivity contribution is 5.70. The molecule has 0 heterocycles. The lowest BCUT2D eigenvalue weighted by atomic mass is 10.1. The second-order valence-electron chi connectivity index (χ2n) is 10.5. The summed E-state index contributed by atoms with van der Waals surface area (Å²) in [7, 11) is 0. The van der Waals surface area contributed by atoms with Gasteiger partial charge in [0.25, 0.3) is 0 Å². The van der Waals surface area contributed by atoms with Crippen LogP contribution in [0.25, 0.3) is 0 Å². The number of carbonyl (C=O) groups excluding carboxylic acids is 2. The minimum atomic E-state index is -0.794. The Morgan fingerprint density at radius 3 is 1.69 bits per heavy atom. The first-order chi connectivity index (χ1) is 19.1. The van der Waals surface area contributed by atoms with E-state index < -0.39 is 6.10 Å². The third kappa shape index (κ3) is 28.9. The van der Waals surface area contributed by atoms with E-state index in [2.05, 4.69) is 44.2 Å². The van der Waals surface area contributed by atoms with Gasteiger partial charge in [0.15, 0.2) is 6.10 Å². The zero-order valence-electron chi connectivity index (χ0n) is 25.4. The SMILES string of the molecule is CCCCC/C=C/CCCCCCCC(=O)OC(CO)COC(=O)CC/C=C/C/C=C/CCCCCCCC. The summed E-state index contributed by atoms with van der Waals surface area (Å²) in [4.78, 5) is 24.0. The van der Waals surface area contributed by atoms with E-state index in [1.165, 1.54) is 77.0 Å². The zero-order valence-corrected chi connectivity index (χ0v) is 25.4. The highest BCUT2D eigenvalue weighted by Crippen LogP contribution is 2.10. The van der Waals surface area contributed by atoms with Crippen LogP contribution in [0.15, 0.2) is 36.5 Å². The molecule has 0 aromatic rings. The lowest BCUT2D eigenvalue weighted by Gasteiger charge is -2.15. The monoisotopic (exact) mass is 548 g/mol. The number of carbonyl (C=O) groups is 2. The van der Waals surface area contributed by atoms with Crippen molar-refractivity contribution >= 4 is 11.9 Å². The van der Waals surface area contributed by atoms with Crippen LogP contribution in [0, 0.1) is 0 Å². The van der Waals surface area contributed by atoms with Gasteiger partial charge in [0.05, 0.1) is 6.61 Å². The fraction of sp³-hybridized carbons (Fsp3) is 0.765. The summed E-state index contributed by atoms with van der Waals surface area (Å²) >= 11 is 0. The maximum Gasteiger partial charge on any atom is 0.306 e. The van der Waals surface area contributed by atoms with Gasteiger partial charge in [-0.3, -0.25) is 9.59 Å². The number of hydrogen-bond acceptors (Lipinski definition) is 5. The molecule has 0 fully saturated rings. The van der Waals surface area contributed by atoms with E-state index in [0.717, 1.165) is 38.5 Å². The van der Waals surface area contributed by atoms with Gasteiger partial charge < -0.3 is 14.6 Å². The van der Waals surface area contributed by atoms with E-state index in [1.54, 1.807) is 0 Å². The second kappa shape index (κ2) is 30.7. The molecule has 1 unspecified atom stereocenters. The summed E-state index contributed by atoms with van der Waals surface area (Å²) in [6.45, 7) is 4.02. The number of aliphatic hydroxyl groups excluding tert-OH is 1. The van der Waals surface area contributed by atoms with Crippen molar-refractivity contribution in [1.82, 2.24) is 0 Å². The van der Waals surface area contributed by atoms with Crippen molar-refractivity contribution in [1.29, 1.82) is 0 Å². The van der Waals surface area contributed by atoms with Gasteiger partial charge in [-0.2, -0.15) is 0 Å². The van der Waals surface area contributed by atoms with Crippen LogP contribution in [0.4, 0.5) is 0 Å². The first-order valence-electron chi connectivity index (χ1n) is 16.0. The Balaban J connectivity index is 3.70. The molecule has 5 nitrogen and oxygen atoms in total. The molecule has 0 aliphatic carbocycles. The van der Waals surface area contributed by atoms with Crippen molar-refractivity contribution in [3.05, 3.63) is 36.5 Å². The van der Waals surface area contributed by atoms with Crippen LogP contribution in [0.3, 0.4) is 0 Å². The Hall–Kier alpha value is -1.88.